The molecule has 1 aromatic heterocycles. The van der Waals surface area contributed by atoms with Crippen molar-refractivity contribution in [3.63, 3.8) is 0 Å². The predicted molar refractivity (Wildman–Crippen MR) is 136 cm³/mol. The first-order valence-electron chi connectivity index (χ1n) is 12.1. The fourth-order valence-corrected chi connectivity index (χ4v) is 7.09. The predicted octanol–water partition coefficient (Wildman–Crippen LogP) is 5.82. The Bertz CT molecular complexity index is 1300. The molecular formula is C25H23Cl2F4N3O3S. The fourth-order valence-electron chi connectivity index (χ4n) is 5.28. The molecule has 0 saturated carbocycles. The van der Waals surface area contributed by atoms with Gasteiger partial charge in [-0.2, -0.15) is 13.2 Å². The number of thiophene rings is 1. The quantitative estimate of drug-likeness (QED) is 0.431. The van der Waals surface area contributed by atoms with Crippen molar-refractivity contribution in [2.24, 2.45) is 5.16 Å². The minimum atomic E-state index is -4.84. The summed E-state index contributed by atoms with van der Waals surface area (Å²) in [7, 11) is 0. The number of hydrogen-bond acceptors (Lipinski definition) is 5. The van der Waals surface area contributed by atoms with Crippen LogP contribution >= 0.6 is 34.5 Å². The summed E-state index contributed by atoms with van der Waals surface area (Å²) >= 11 is 13.1. The molecule has 5 rings (SSSR count). The summed E-state index contributed by atoms with van der Waals surface area (Å²) in [6.45, 7) is -0.343. The molecule has 0 radical (unpaired) electrons. The number of fused-ring (bicyclic) bond motifs is 1. The van der Waals surface area contributed by atoms with Crippen molar-refractivity contribution in [1.82, 2.24) is 10.2 Å². The van der Waals surface area contributed by atoms with Gasteiger partial charge in [-0.05, 0) is 61.4 Å². The third-order valence-corrected chi connectivity index (χ3v) is 8.92. The summed E-state index contributed by atoms with van der Waals surface area (Å²) in [6.07, 6.45) is -2.27. The van der Waals surface area contributed by atoms with Gasteiger partial charge in [-0.3, -0.25) is 9.59 Å². The Hall–Kier alpha value is -2.37. The third kappa shape index (κ3) is 4.77. The molecule has 38 heavy (non-hydrogen) atoms. The van der Waals surface area contributed by atoms with Crippen molar-refractivity contribution in [1.29, 1.82) is 0 Å². The summed E-state index contributed by atoms with van der Waals surface area (Å²) in [5.74, 6) is -0.812. The van der Waals surface area contributed by atoms with E-state index in [0.29, 0.717) is 35.6 Å². The minimum Gasteiger partial charge on any atom is -0.374 e. The molecule has 6 nitrogen and oxygen atoms in total. The summed E-state index contributed by atoms with van der Waals surface area (Å²) in [5, 5.41) is 6.69. The topological polar surface area (TPSA) is 71.0 Å². The lowest BCUT2D eigenvalue weighted by Crippen LogP contribution is -2.42. The standard InChI is InChI=1S/C25H23Cl2F4N3O3S/c26-14-9-13(10-15(27)11-14)24(25(29,30)31)12-19(33-37-24)20-16-3-1-2-4-17(16)21(38-20)22(35)32-18-5-7-34(8-6-28)23(18)36/h9-11,18H,1-8,12H2,(H,32,35). The lowest BCUT2D eigenvalue weighted by molar-refractivity contribution is -0.275. The molecule has 2 aromatic rings. The Balaban J connectivity index is 1.45. The molecule has 2 unspecified atom stereocenters. The largest absolute Gasteiger partial charge is 0.435 e. The molecule has 2 aliphatic heterocycles. The first-order valence-corrected chi connectivity index (χ1v) is 13.7. The molecule has 1 N–H and O–H groups in total. The Morgan fingerprint density at radius 3 is 2.53 bits per heavy atom. The van der Waals surface area contributed by atoms with Crippen LogP contribution in [0.25, 0.3) is 0 Å². The summed E-state index contributed by atoms with van der Waals surface area (Å²) in [6, 6.07) is 2.89. The van der Waals surface area contributed by atoms with Crippen LogP contribution in [-0.4, -0.2) is 54.4 Å². The van der Waals surface area contributed by atoms with Gasteiger partial charge in [-0.15, -0.1) is 11.3 Å². The Morgan fingerprint density at radius 1 is 1.18 bits per heavy atom. The number of nitrogens with zero attached hydrogens (tertiary/aromatic N) is 2. The number of likely N-dealkylation sites (tertiary alicyclic amines) is 1. The van der Waals surface area contributed by atoms with Crippen molar-refractivity contribution in [3.05, 3.63) is 54.7 Å². The summed E-state index contributed by atoms with van der Waals surface area (Å²) in [4.78, 5) is 33.1. The smallest absolute Gasteiger partial charge is 0.374 e. The van der Waals surface area contributed by atoms with Crippen LogP contribution in [0.3, 0.4) is 0 Å². The number of hydrogen-bond donors (Lipinski definition) is 1. The average Bonchev–Trinajstić information content (AvgIpc) is 3.56. The molecule has 0 bridgehead atoms. The minimum absolute atomic E-state index is 0.0254. The van der Waals surface area contributed by atoms with Crippen LogP contribution in [0.2, 0.25) is 10.0 Å². The zero-order valence-corrected chi connectivity index (χ0v) is 22.3. The summed E-state index contributed by atoms with van der Waals surface area (Å²) < 4.78 is 56.1. The zero-order valence-electron chi connectivity index (χ0n) is 20.0. The molecule has 1 saturated heterocycles. The normalized spacial score (nSPS) is 23.3. The number of amides is 2. The number of oxime groups is 1. The average molecular weight is 592 g/mol. The lowest BCUT2D eigenvalue weighted by atomic mass is 9.85. The number of carbonyl (C=O) groups is 2. The van der Waals surface area contributed by atoms with Crippen LogP contribution < -0.4 is 5.32 Å². The molecule has 1 fully saturated rings. The molecule has 3 aliphatic rings. The maximum atomic E-state index is 14.5. The van der Waals surface area contributed by atoms with Crippen LogP contribution in [-0.2, 0) is 28.1 Å². The fraction of sp³-hybridized carbons (Fsp3) is 0.480. The first-order chi connectivity index (χ1) is 18.0. The van der Waals surface area contributed by atoms with Gasteiger partial charge in [0.1, 0.15) is 18.4 Å². The van der Waals surface area contributed by atoms with Gasteiger partial charge in [-0.1, -0.05) is 28.4 Å². The number of nitrogens with one attached hydrogen (secondary N) is 1. The second-order valence-corrected chi connectivity index (χ2v) is 11.4. The van der Waals surface area contributed by atoms with Crippen LogP contribution in [0.15, 0.2) is 23.4 Å². The van der Waals surface area contributed by atoms with Crippen LogP contribution in [0.1, 0.15) is 56.9 Å². The van der Waals surface area contributed by atoms with Crippen molar-refractivity contribution in [3.8, 4) is 0 Å². The molecule has 2 amide bonds. The van der Waals surface area contributed by atoms with Crippen molar-refractivity contribution in [2.45, 2.75) is 56.3 Å². The van der Waals surface area contributed by atoms with E-state index in [1.807, 2.05) is 0 Å². The highest BCUT2D eigenvalue weighted by Gasteiger charge is 2.62. The Labute approximate surface area is 229 Å². The van der Waals surface area contributed by atoms with Crippen molar-refractivity contribution < 1.29 is 32.0 Å². The molecule has 13 heteroatoms. The van der Waals surface area contributed by atoms with Gasteiger partial charge in [-0.25, -0.2) is 4.39 Å². The van der Waals surface area contributed by atoms with E-state index in [4.69, 9.17) is 28.0 Å². The number of alkyl halides is 4. The third-order valence-electron chi connectivity index (χ3n) is 7.16. The zero-order chi connectivity index (χ0) is 27.2. The van der Waals surface area contributed by atoms with Gasteiger partial charge in [0.25, 0.3) is 11.5 Å². The molecule has 0 spiro atoms. The highest BCUT2D eigenvalue weighted by molar-refractivity contribution is 7.16. The summed E-state index contributed by atoms with van der Waals surface area (Å²) in [5.41, 5.74) is -1.40. The van der Waals surface area contributed by atoms with Gasteiger partial charge in [0.2, 0.25) is 5.91 Å². The molecular weight excluding hydrogens is 569 g/mol. The molecule has 1 aliphatic carbocycles. The van der Waals surface area contributed by atoms with Gasteiger partial charge >= 0.3 is 6.18 Å². The van der Waals surface area contributed by atoms with E-state index in [0.717, 1.165) is 47.4 Å². The maximum Gasteiger partial charge on any atom is 0.435 e. The van der Waals surface area contributed by atoms with E-state index >= 15 is 0 Å². The Kier molecular flexibility index (Phi) is 7.38. The monoisotopic (exact) mass is 591 g/mol. The van der Waals surface area contributed by atoms with Crippen molar-refractivity contribution >= 4 is 52.1 Å². The SMILES string of the molecule is O=C(NC1CCN(CCF)C1=O)c1sc(C2=NOC(c3cc(Cl)cc(Cl)c3)(C(F)(F)F)C2)c2c1CCCC2. The van der Waals surface area contributed by atoms with Crippen LogP contribution in [0, 0.1) is 0 Å². The number of halogens is 6. The Morgan fingerprint density at radius 2 is 1.87 bits per heavy atom. The van der Waals surface area contributed by atoms with Crippen LogP contribution in [0.4, 0.5) is 17.6 Å². The molecule has 3 heterocycles. The van der Waals surface area contributed by atoms with E-state index in [2.05, 4.69) is 10.5 Å². The molecule has 1 aromatic carbocycles. The van der Waals surface area contributed by atoms with E-state index in [1.54, 1.807) is 0 Å². The van der Waals surface area contributed by atoms with Gasteiger partial charge in [0.05, 0.1) is 16.2 Å². The number of benzene rings is 1. The van der Waals surface area contributed by atoms with E-state index in [-0.39, 0.29) is 33.8 Å². The molecule has 204 valence electrons. The number of carbonyl (C=O) groups excluding carboxylic acids is 2. The highest BCUT2D eigenvalue weighted by Crippen LogP contribution is 2.51. The van der Waals surface area contributed by atoms with Gasteiger partial charge in [0.15, 0.2) is 0 Å². The lowest BCUT2D eigenvalue weighted by Gasteiger charge is -2.29. The second kappa shape index (κ2) is 10.3. The van der Waals surface area contributed by atoms with E-state index < -0.39 is 36.8 Å². The second-order valence-electron chi connectivity index (χ2n) is 9.54. The van der Waals surface area contributed by atoms with E-state index in [9.17, 15) is 27.2 Å². The highest BCUT2D eigenvalue weighted by atomic mass is 35.5. The van der Waals surface area contributed by atoms with Crippen molar-refractivity contribution in [2.75, 3.05) is 19.8 Å². The van der Waals surface area contributed by atoms with E-state index in [1.165, 1.54) is 11.0 Å². The maximum absolute atomic E-state index is 14.5. The van der Waals surface area contributed by atoms with Gasteiger partial charge in [0, 0.05) is 28.7 Å². The van der Waals surface area contributed by atoms with Crippen LogP contribution in [0.5, 0.6) is 0 Å². The number of rotatable bonds is 6. The molecule has 2 atom stereocenters. The van der Waals surface area contributed by atoms with Gasteiger partial charge < -0.3 is 15.1 Å². The first kappa shape index (κ1) is 27.2.